The number of rotatable bonds is 4. The summed E-state index contributed by atoms with van der Waals surface area (Å²) in [5.41, 5.74) is 0.182. The van der Waals surface area contributed by atoms with Crippen LogP contribution in [0, 0.1) is 11.6 Å². The van der Waals surface area contributed by atoms with E-state index >= 15 is 0 Å². The molecule has 0 bridgehead atoms. The summed E-state index contributed by atoms with van der Waals surface area (Å²) < 4.78 is 66.6. The minimum Gasteiger partial charge on any atom is -0.339 e. The van der Waals surface area contributed by atoms with Crippen molar-refractivity contribution in [3.63, 3.8) is 0 Å². The van der Waals surface area contributed by atoms with Gasteiger partial charge in [0.25, 0.3) is 0 Å². The Balaban J connectivity index is 2.08. The third-order valence-electron chi connectivity index (χ3n) is 2.42. The second-order valence-corrected chi connectivity index (χ2v) is 4.16. The monoisotopic (exact) mass is 306 g/mol. The van der Waals surface area contributed by atoms with Crippen LogP contribution in [-0.4, -0.2) is 22.1 Å². The highest BCUT2D eigenvalue weighted by molar-refractivity contribution is 5.85. The van der Waals surface area contributed by atoms with Crippen LogP contribution in [0.5, 0.6) is 0 Å². The first kappa shape index (κ1) is 15.1. The highest BCUT2D eigenvalue weighted by atomic mass is 19.4. The van der Waals surface area contributed by atoms with Crippen molar-refractivity contribution in [3.8, 4) is 0 Å². The molecule has 1 aromatic heterocycles. The molecule has 0 saturated carbocycles. The number of benzene rings is 1. The van der Waals surface area contributed by atoms with E-state index in [9.17, 15) is 26.7 Å². The predicted octanol–water partition coefficient (Wildman–Crippen LogP) is 2.61. The SMILES string of the molecule is O=C(Cc1nc(Cc2cc(F)cc(F)c2)no1)C(F)(F)F. The van der Waals surface area contributed by atoms with Gasteiger partial charge in [-0.05, 0) is 17.7 Å². The van der Waals surface area contributed by atoms with Crippen molar-refractivity contribution in [2.24, 2.45) is 0 Å². The molecule has 0 aliphatic carbocycles. The first-order valence-electron chi connectivity index (χ1n) is 5.60. The van der Waals surface area contributed by atoms with Gasteiger partial charge < -0.3 is 4.52 Å². The molecule has 4 nitrogen and oxygen atoms in total. The molecule has 0 unspecified atom stereocenters. The van der Waals surface area contributed by atoms with Crippen LogP contribution in [-0.2, 0) is 17.6 Å². The Labute approximate surface area is 114 Å². The van der Waals surface area contributed by atoms with Gasteiger partial charge in [0.05, 0.1) is 6.42 Å². The number of aromatic nitrogens is 2. The van der Waals surface area contributed by atoms with Crippen LogP contribution in [0.25, 0.3) is 0 Å². The normalized spacial score (nSPS) is 11.7. The van der Waals surface area contributed by atoms with E-state index in [0.29, 0.717) is 6.07 Å². The summed E-state index contributed by atoms with van der Waals surface area (Å²) >= 11 is 0. The van der Waals surface area contributed by atoms with Crippen LogP contribution in [0.15, 0.2) is 22.7 Å². The van der Waals surface area contributed by atoms with Crippen molar-refractivity contribution in [2.75, 3.05) is 0 Å². The lowest BCUT2D eigenvalue weighted by molar-refractivity contribution is -0.170. The largest absolute Gasteiger partial charge is 0.450 e. The Morgan fingerprint density at radius 3 is 2.33 bits per heavy atom. The van der Waals surface area contributed by atoms with Crippen molar-refractivity contribution in [1.29, 1.82) is 0 Å². The Hall–Kier alpha value is -2.32. The third-order valence-corrected chi connectivity index (χ3v) is 2.42. The second kappa shape index (κ2) is 5.58. The molecule has 0 atom stereocenters. The van der Waals surface area contributed by atoms with Crippen LogP contribution < -0.4 is 0 Å². The molecule has 0 aliphatic rings. The molecule has 0 aliphatic heterocycles. The molecule has 9 heteroatoms. The molecule has 0 saturated heterocycles. The summed E-state index contributed by atoms with van der Waals surface area (Å²) in [6.45, 7) is 0. The average molecular weight is 306 g/mol. The van der Waals surface area contributed by atoms with Crippen molar-refractivity contribution < 1.29 is 31.3 Å². The maximum Gasteiger partial charge on any atom is 0.450 e. The Morgan fingerprint density at radius 2 is 1.76 bits per heavy atom. The Kier molecular flexibility index (Phi) is 4.01. The quantitative estimate of drug-likeness (QED) is 0.815. The zero-order chi connectivity index (χ0) is 15.6. The number of carbonyl (C=O) groups is 1. The van der Waals surface area contributed by atoms with E-state index in [4.69, 9.17) is 0 Å². The zero-order valence-electron chi connectivity index (χ0n) is 10.2. The first-order valence-corrected chi connectivity index (χ1v) is 5.60. The fourth-order valence-corrected chi connectivity index (χ4v) is 1.57. The summed E-state index contributed by atoms with van der Waals surface area (Å²) in [4.78, 5) is 14.3. The van der Waals surface area contributed by atoms with Gasteiger partial charge in [0.2, 0.25) is 11.7 Å². The second-order valence-electron chi connectivity index (χ2n) is 4.16. The van der Waals surface area contributed by atoms with E-state index in [1.807, 2.05) is 0 Å². The molecule has 0 radical (unpaired) electrons. The van der Waals surface area contributed by atoms with Gasteiger partial charge in [-0.15, -0.1) is 0 Å². The zero-order valence-corrected chi connectivity index (χ0v) is 10.2. The lowest BCUT2D eigenvalue weighted by Gasteiger charge is -2.00. The highest BCUT2D eigenvalue weighted by Gasteiger charge is 2.39. The van der Waals surface area contributed by atoms with Gasteiger partial charge in [-0.1, -0.05) is 5.16 Å². The van der Waals surface area contributed by atoms with Gasteiger partial charge in [-0.25, -0.2) is 8.78 Å². The molecule has 2 aromatic rings. The van der Waals surface area contributed by atoms with Gasteiger partial charge in [0.15, 0.2) is 5.82 Å². The van der Waals surface area contributed by atoms with Gasteiger partial charge >= 0.3 is 6.18 Å². The molecule has 2 rings (SSSR count). The molecule has 1 aromatic carbocycles. The molecule has 0 N–H and O–H groups in total. The highest BCUT2D eigenvalue weighted by Crippen LogP contribution is 2.18. The van der Waals surface area contributed by atoms with Crippen molar-refractivity contribution in [3.05, 3.63) is 47.1 Å². The molecule has 112 valence electrons. The molecule has 0 spiro atoms. The lowest BCUT2D eigenvalue weighted by Crippen LogP contribution is -2.24. The van der Waals surface area contributed by atoms with Crippen LogP contribution in [0.3, 0.4) is 0 Å². The number of halogens is 5. The fourth-order valence-electron chi connectivity index (χ4n) is 1.57. The smallest absolute Gasteiger partial charge is 0.339 e. The minimum atomic E-state index is -4.99. The number of hydrogen-bond donors (Lipinski definition) is 0. The van der Waals surface area contributed by atoms with E-state index in [1.54, 1.807) is 0 Å². The molecule has 21 heavy (non-hydrogen) atoms. The first-order chi connectivity index (χ1) is 9.74. The van der Waals surface area contributed by atoms with E-state index in [-0.39, 0.29) is 17.8 Å². The predicted molar refractivity (Wildman–Crippen MR) is 58.2 cm³/mol. The summed E-state index contributed by atoms with van der Waals surface area (Å²) in [5, 5.41) is 3.36. The Morgan fingerprint density at radius 1 is 1.14 bits per heavy atom. The number of hydrogen-bond acceptors (Lipinski definition) is 4. The van der Waals surface area contributed by atoms with E-state index < -0.39 is 35.9 Å². The standard InChI is InChI=1S/C12H7F5N2O2/c13-7-1-6(2-8(14)4-7)3-10-18-11(21-19-10)5-9(20)12(15,16)17/h1-2,4H,3,5H2. The topological polar surface area (TPSA) is 56.0 Å². The van der Waals surface area contributed by atoms with Gasteiger partial charge in [-0.2, -0.15) is 18.2 Å². The number of carbonyl (C=O) groups excluding carboxylic acids is 1. The summed E-state index contributed by atoms with van der Waals surface area (Å²) in [7, 11) is 0. The number of Topliss-reactive ketones (excluding diaryl/α,β-unsaturated/α-hetero) is 1. The number of nitrogens with zero attached hydrogens (tertiary/aromatic N) is 2. The minimum absolute atomic E-state index is 0.0787. The van der Waals surface area contributed by atoms with Crippen LogP contribution in [0.2, 0.25) is 0 Å². The molecule has 0 amide bonds. The summed E-state index contributed by atoms with van der Waals surface area (Å²) in [6.07, 6.45) is -6.20. The maximum atomic E-state index is 13.0. The fraction of sp³-hybridized carbons (Fsp3) is 0.250. The Bertz CT molecular complexity index is 646. The van der Waals surface area contributed by atoms with E-state index in [1.165, 1.54) is 0 Å². The third kappa shape index (κ3) is 4.07. The summed E-state index contributed by atoms with van der Waals surface area (Å²) in [6, 6.07) is 2.73. The van der Waals surface area contributed by atoms with Crippen molar-refractivity contribution in [1.82, 2.24) is 10.1 Å². The maximum absolute atomic E-state index is 13.0. The lowest BCUT2D eigenvalue weighted by atomic mass is 10.1. The molecular formula is C12H7F5N2O2. The van der Waals surface area contributed by atoms with Gasteiger partial charge in [0, 0.05) is 12.5 Å². The molecule has 0 fully saturated rings. The van der Waals surface area contributed by atoms with Gasteiger partial charge in [-0.3, -0.25) is 4.79 Å². The summed E-state index contributed by atoms with van der Waals surface area (Å²) in [5.74, 6) is -4.22. The van der Waals surface area contributed by atoms with Crippen LogP contribution in [0.1, 0.15) is 17.3 Å². The van der Waals surface area contributed by atoms with Gasteiger partial charge in [0.1, 0.15) is 11.6 Å². The molecule has 1 heterocycles. The number of alkyl halides is 3. The van der Waals surface area contributed by atoms with Crippen molar-refractivity contribution in [2.45, 2.75) is 19.0 Å². The van der Waals surface area contributed by atoms with Crippen LogP contribution in [0.4, 0.5) is 22.0 Å². The number of ketones is 1. The average Bonchev–Trinajstić information content (AvgIpc) is 2.73. The van der Waals surface area contributed by atoms with Crippen molar-refractivity contribution >= 4 is 5.78 Å². The van der Waals surface area contributed by atoms with E-state index in [0.717, 1.165) is 12.1 Å². The molecular weight excluding hydrogens is 299 g/mol. The van der Waals surface area contributed by atoms with E-state index in [2.05, 4.69) is 14.7 Å². The van der Waals surface area contributed by atoms with Crippen LogP contribution >= 0.6 is 0 Å².